The molecule has 0 bridgehead atoms. The molecule has 1 nitrogen and oxygen atoms in total. The molecular weight excluding hydrogens is 253 g/mol. The van der Waals surface area contributed by atoms with Crippen molar-refractivity contribution >= 4 is 5.78 Å². The summed E-state index contributed by atoms with van der Waals surface area (Å²) in [6.07, 6.45) is 3.66. The summed E-state index contributed by atoms with van der Waals surface area (Å²) in [4.78, 5) is 12.1. The fourth-order valence-corrected chi connectivity index (χ4v) is 3.74. The van der Waals surface area contributed by atoms with Crippen molar-refractivity contribution in [2.24, 2.45) is 17.8 Å². The second-order valence-electron chi connectivity index (χ2n) is 6.19. The molecule has 0 aromatic heterocycles. The minimum absolute atomic E-state index is 0.131. The van der Waals surface area contributed by atoms with Gasteiger partial charge in [0.15, 0.2) is 0 Å². The molecule has 0 aliphatic heterocycles. The number of hydrogen-bond acceptors (Lipinski definition) is 1. The van der Waals surface area contributed by atoms with Crippen molar-refractivity contribution in [1.29, 1.82) is 0 Å². The summed E-state index contributed by atoms with van der Waals surface area (Å²) in [5, 5.41) is 0. The van der Waals surface area contributed by atoms with E-state index >= 15 is 0 Å². The maximum Gasteiger partial charge on any atom is 0.392 e. The molecule has 2 atom stereocenters. The molecule has 2 aliphatic carbocycles. The van der Waals surface area contributed by atoms with Gasteiger partial charge in [-0.25, -0.2) is 0 Å². The second kappa shape index (κ2) is 6.27. The van der Waals surface area contributed by atoms with Crippen LogP contribution in [0.5, 0.6) is 0 Å². The van der Waals surface area contributed by atoms with Crippen LogP contribution in [0.1, 0.15) is 64.2 Å². The topological polar surface area (TPSA) is 17.1 Å². The van der Waals surface area contributed by atoms with Crippen LogP contribution in [0, 0.1) is 17.8 Å². The molecule has 0 aromatic carbocycles. The number of alkyl halides is 3. The Labute approximate surface area is 112 Å². The van der Waals surface area contributed by atoms with Crippen LogP contribution in [-0.2, 0) is 4.79 Å². The number of halogens is 3. The van der Waals surface area contributed by atoms with Crippen molar-refractivity contribution in [3.63, 3.8) is 0 Å². The van der Waals surface area contributed by atoms with Crippen LogP contribution in [0.3, 0.4) is 0 Å². The Morgan fingerprint density at radius 1 is 0.947 bits per heavy atom. The largest absolute Gasteiger partial charge is 0.392 e. The van der Waals surface area contributed by atoms with Gasteiger partial charge in [-0.2, -0.15) is 13.2 Å². The van der Waals surface area contributed by atoms with E-state index in [0.717, 1.165) is 25.7 Å². The monoisotopic (exact) mass is 276 g/mol. The first-order valence-electron chi connectivity index (χ1n) is 7.58. The normalized spacial score (nSPS) is 29.6. The van der Waals surface area contributed by atoms with Gasteiger partial charge in [0.1, 0.15) is 5.78 Å². The molecule has 2 rings (SSSR count). The fourth-order valence-electron chi connectivity index (χ4n) is 3.74. The zero-order valence-corrected chi connectivity index (χ0v) is 11.3. The predicted molar refractivity (Wildman–Crippen MR) is 67.7 cm³/mol. The van der Waals surface area contributed by atoms with Gasteiger partial charge in [0, 0.05) is 12.3 Å². The molecule has 0 heterocycles. The summed E-state index contributed by atoms with van der Waals surface area (Å²) in [6, 6.07) is 0. The second-order valence-corrected chi connectivity index (χ2v) is 6.19. The smallest absolute Gasteiger partial charge is 0.299 e. The molecule has 2 unspecified atom stereocenters. The molecule has 19 heavy (non-hydrogen) atoms. The van der Waals surface area contributed by atoms with E-state index in [9.17, 15) is 18.0 Å². The van der Waals surface area contributed by atoms with Crippen molar-refractivity contribution < 1.29 is 18.0 Å². The number of carbonyl (C=O) groups excluding carboxylic acids is 1. The number of hydrogen-bond donors (Lipinski definition) is 0. The van der Waals surface area contributed by atoms with Gasteiger partial charge >= 0.3 is 6.18 Å². The van der Waals surface area contributed by atoms with Crippen LogP contribution in [0.15, 0.2) is 0 Å². The van der Waals surface area contributed by atoms with Crippen LogP contribution < -0.4 is 0 Å². The lowest BCUT2D eigenvalue weighted by atomic mass is 9.75. The van der Waals surface area contributed by atoms with Gasteiger partial charge in [0.2, 0.25) is 0 Å². The summed E-state index contributed by atoms with van der Waals surface area (Å²) >= 11 is 0. The van der Waals surface area contributed by atoms with Gasteiger partial charge < -0.3 is 0 Å². The van der Waals surface area contributed by atoms with E-state index in [1.54, 1.807) is 0 Å². The molecule has 2 aliphatic rings. The average molecular weight is 276 g/mol. The maximum atomic E-state index is 12.9. The van der Waals surface area contributed by atoms with Crippen molar-refractivity contribution in [1.82, 2.24) is 0 Å². The van der Waals surface area contributed by atoms with Gasteiger partial charge in [0.25, 0.3) is 0 Å². The first-order valence-corrected chi connectivity index (χ1v) is 7.58. The van der Waals surface area contributed by atoms with E-state index < -0.39 is 18.0 Å². The Balaban J connectivity index is 1.87. The molecule has 0 amide bonds. The Hall–Kier alpha value is -0.540. The van der Waals surface area contributed by atoms with E-state index in [2.05, 4.69) is 0 Å². The minimum atomic E-state index is -4.20. The molecule has 110 valence electrons. The lowest BCUT2D eigenvalue weighted by molar-refractivity contribution is -0.197. The molecule has 0 saturated heterocycles. The first kappa shape index (κ1) is 14.9. The van der Waals surface area contributed by atoms with E-state index in [-0.39, 0.29) is 12.2 Å². The zero-order valence-electron chi connectivity index (χ0n) is 11.3. The van der Waals surface area contributed by atoms with Crippen LogP contribution in [-0.4, -0.2) is 12.0 Å². The van der Waals surface area contributed by atoms with Crippen molar-refractivity contribution in [3.8, 4) is 0 Å². The summed E-state index contributed by atoms with van der Waals surface area (Å²) < 4.78 is 38.8. The van der Waals surface area contributed by atoms with Gasteiger partial charge in [-0.15, -0.1) is 0 Å². The molecule has 2 saturated carbocycles. The van der Waals surface area contributed by atoms with E-state index in [1.165, 1.54) is 12.8 Å². The Morgan fingerprint density at radius 2 is 1.53 bits per heavy atom. The summed E-state index contributed by atoms with van der Waals surface area (Å²) in [5.41, 5.74) is 0. The molecule has 0 radical (unpaired) electrons. The molecule has 2 fully saturated rings. The first-order chi connectivity index (χ1) is 8.98. The lowest BCUT2D eigenvalue weighted by Crippen LogP contribution is -2.37. The van der Waals surface area contributed by atoms with Gasteiger partial charge in [-0.3, -0.25) is 4.79 Å². The standard InChI is InChI=1S/C15H23F3O/c16-15(17,18)13-8-4-3-7-12(13)14(19)10-9-11-5-1-2-6-11/h11-13H,1-10H2. The Bertz CT molecular complexity index is 305. The van der Waals surface area contributed by atoms with Crippen LogP contribution in [0.2, 0.25) is 0 Å². The van der Waals surface area contributed by atoms with E-state index in [0.29, 0.717) is 25.2 Å². The highest BCUT2D eigenvalue weighted by Crippen LogP contribution is 2.42. The third-order valence-corrected chi connectivity index (χ3v) is 4.87. The molecule has 0 aromatic rings. The highest BCUT2D eigenvalue weighted by Gasteiger charge is 2.47. The highest BCUT2D eigenvalue weighted by atomic mass is 19.4. The van der Waals surface area contributed by atoms with Gasteiger partial charge in [-0.05, 0) is 25.2 Å². The summed E-state index contributed by atoms with van der Waals surface area (Å²) in [7, 11) is 0. The Morgan fingerprint density at radius 3 is 2.16 bits per heavy atom. The molecule has 0 N–H and O–H groups in total. The van der Waals surface area contributed by atoms with E-state index in [1.807, 2.05) is 0 Å². The fraction of sp³-hybridized carbons (Fsp3) is 0.933. The maximum absolute atomic E-state index is 12.9. The third-order valence-electron chi connectivity index (χ3n) is 4.87. The number of rotatable bonds is 4. The zero-order chi connectivity index (χ0) is 13.9. The number of ketones is 1. The molecular formula is C15H23F3O. The minimum Gasteiger partial charge on any atom is -0.299 e. The summed E-state index contributed by atoms with van der Waals surface area (Å²) in [5.74, 6) is -1.68. The third kappa shape index (κ3) is 3.96. The van der Waals surface area contributed by atoms with Crippen LogP contribution >= 0.6 is 0 Å². The summed E-state index contributed by atoms with van der Waals surface area (Å²) in [6.45, 7) is 0. The van der Waals surface area contributed by atoms with E-state index in [4.69, 9.17) is 0 Å². The quantitative estimate of drug-likeness (QED) is 0.714. The molecule has 0 spiro atoms. The SMILES string of the molecule is O=C(CCC1CCCC1)C1CCCCC1C(F)(F)F. The lowest BCUT2D eigenvalue weighted by Gasteiger charge is -2.32. The predicted octanol–water partition coefficient (Wildman–Crippen LogP) is 4.89. The number of Topliss-reactive ketones (excluding diaryl/α,β-unsaturated/α-hetero) is 1. The van der Waals surface area contributed by atoms with Gasteiger partial charge in [0.05, 0.1) is 5.92 Å². The van der Waals surface area contributed by atoms with Crippen LogP contribution in [0.4, 0.5) is 13.2 Å². The number of carbonyl (C=O) groups is 1. The van der Waals surface area contributed by atoms with Crippen molar-refractivity contribution in [2.45, 2.75) is 70.4 Å². The van der Waals surface area contributed by atoms with Crippen molar-refractivity contribution in [3.05, 3.63) is 0 Å². The van der Waals surface area contributed by atoms with Crippen LogP contribution in [0.25, 0.3) is 0 Å². The molecule has 4 heteroatoms. The average Bonchev–Trinajstić information content (AvgIpc) is 2.88. The van der Waals surface area contributed by atoms with Gasteiger partial charge in [-0.1, -0.05) is 38.5 Å². The Kier molecular flexibility index (Phi) is 4.91. The highest BCUT2D eigenvalue weighted by molar-refractivity contribution is 5.81. The van der Waals surface area contributed by atoms with Crippen molar-refractivity contribution in [2.75, 3.05) is 0 Å².